The monoisotopic (exact) mass is 374 g/mol. The van der Waals surface area contributed by atoms with Gasteiger partial charge in [-0.1, -0.05) is 31.4 Å². The number of thioether (sulfide) groups is 1. The molecular formula is C20H23FN2O2S. The van der Waals surface area contributed by atoms with Crippen LogP contribution < -0.4 is 4.73 Å². The molecule has 4 nitrogen and oxygen atoms in total. The van der Waals surface area contributed by atoms with Crippen LogP contribution in [0.25, 0.3) is 0 Å². The number of aromatic nitrogens is 1. The van der Waals surface area contributed by atoms with Crippen molar-refractivity contribution in [1.29, 1.82) is 0 Å². The maximum atomic E-state index is 13.2. The summed E-state index contributed by atoms with van der Waals surface area (Å²) in [5.41, 5.74) is 0.925. The van der Waals surface area contributed by atoms with Crippen molar-refractivity contribution in [3.63, 3.8) is 0 Å². The Bertz CT molecular complexity index is 733. The maximum absolute atomic E-state index is 13.2. The molecule has 1 fully saturated rings. The van der Waals surface area contributed by atoms with Crippen molar-refractivity contribution in [2.24, 2.45) is 0 Å². The van der Waals surface area contributed by atoms with Gasteiger partial charge < -0.3 is 10.1 Å². The lowest BCUT2D eigenvalue weighted by Gasteiger charge is -2.34. The molecular weight excluding hydrogens is 351 g/mol. The standard InChI is InChI=1S/C20H23FN2O2S/c21-17-11-9-16(10-12-17)14-22(18-6-2-1-3-7-18)19(24)15-26-20-8-4-5-13-23(20)25/h4-5,8-13,18H,1-3,6-7,14-15H2. The van der Waals surface area contributed by atoms with Crippen molar-refractivity contribution in [2.75, 3.05) is 5.75 Å². The molecule has 2 aromatic rings. The molecule has 138 valence electrons. The van der Waals surface area contributed by atoms with E-state index in [0.29, 0.717) is 11.6 Å². The van der Waals surface area contributed by atoms with E-state index < -0.39 is 0 Å². The van der Waals surface area contributed by atoms with Crippen LogP contribution in [0.2, 0.25) is 0 Å². The van der Waals surface area contributed by atoms with Gasteiger partial charge in [0.25, 0.3) is 5.03 Å². The molecule has 1 amide bonds. The van der Waals surface area contributed by atoms with E-state index in [1.54, 1.807) is 30.3 Å². The Kier molecular flexibility index (Phi) is 6.50. The summed E-state index contributed by atoms with van der Waals surface area (Å²) in [5.74, 6) is -0.0248. The Hall–Kier alpha value is -2.08. The van der Waals surface area contributed by atoms with E-state index in [-0.39, 0.29) is 23.5 Å². The fourth-order valence-corrected chi connectivity index (χ4v) is 4.14. The molecule has 0 spiro atoms. The van der Waals surface area contributed by atoms with Gasteiger partial charge in [-0.25, -0.2) is 4.39 Å². The molecule has 0 atom stereocenters. The van der Waals surface area contributed by atoms with E-state index in [4.69, 9.17) is 0 Å². The maximum Gasteiger partial charge on any atom is 0.251 e. The summed E-state index contributed by atoms with van der Waals surface area (Å²) in [4.78, 5) is 14.8. The number of amides is 1. The Morgan fingerprint density at radius 1 is 1.15 bits per heavy atom. The van der Waals surface area contributed by atoms with Gasteiger partial charge in [-0.15, -0.1) is 0 Å². The number of pyridine rings is 1. The first-order valence-corrected chi connectivity index (χ1v) is 9.97. The van der Waals surface area contributed by atoms with Gasteiger partial charge in [0.15, 0.2) is 6.20 Å². The summed E-state index contributed by atoms with van der Waals surface area (Å²) in [5, 5.41) is 12.3. The predicted octanol–water partition coefficient (Wildman–Crippen LogP) is 3.91. The molecule has 1 aromatic carbocycles. The first kappa shape index (κ1) is 18.7. The van der Waals surface area contributed by atoms with E-state index >= 15 is 0 Å². The second kappa shape index (κ2) is 9.03. The van der Waals surface area contributed by atoms with Crippen LogP contribution in [0, 0.1) is 11.0 Å². The molecule has 1 aliphatic carbocycles. The fraction of sp³-hybridized carbons (Fsp3) is 0.400. The minimum Gasteiger partial charge on any atom is -0.618 e. The van der Waals surface area contributed by atoms with Gasteiger partial charge in [-0.2, -0.15) is 4.73 Å². The van der Waals surface area contributed by atoms with Crippen LogP contribution in [0.1, 0.15) is 37.7 Å². The van der Waals surface area contributed by atoms with Crippen LogP contribution in [0.4, 0.5) is 4.39 Å². The van der Waals surface area contributed by atoms with Gasteiger partial charge in [0.05, 0.1) is 5.75 Å². The van der Waals surface area contributed by atoms with Gasteiger partial charge in [0.2, 0.25) is 5.91 Å². The van der Waals surface area contributed by atoms with Crippen molar-refractivity contribution < 1.29 is 13.9 Å². The minimum atomic E-state index is -0.274. The zero-order valence-corrected chi connectivity index (χ0v) is 15.5. The Balaban J connectivity index is 1.70. The van der Waals surface area contributed by atoms with E-state index in [1.807, 2.05) is 4.90 Å². The SMILES string of the molecule is O=C(CSc1cccc[n+]1[O-])N(Cc1ccc(F)cc1)C1CCCCC1. The third kappa shape index (κ3) is 4.97. The van der Waals surface area contributed by atoms with Gasteiger partial charge in [0, 0.05) is 24.7 Å². The molecule has 0 unspecified atom stereocenters. The van der Waals surface area contributed by atoms with Crippen LogP contribution in [-0.4, -0.2) is 22.6 Å². The molecule has 1 aliphatic rings. The number of carbonyl (C=O) groups is 1. The second-order valence-corrected chi connectivity index (χ2v) is 7.59. The van der Waals surface area contributed by atoms with Gasteiger partial charge in [-0.05, 0) is 48.4 Å². The predicted molar refractivity (Wildman–Crippen MR) is 99.9 cm³/mol. The smallest absolute Gasteiger partial charge is 0.251 e. The summed E-state index contributed by atoms with van der Waals surface area (Å²) in [6.45, 7) is 0.483. The third-order valence-electron chi connectivity index (χ3n) is 4.73. The first-order chi connectivity index (χ1) is 12.6. The Morgan fingerprint density at radius 3 is 2.58 bits per heavy atom. The van der Waals surface area contributed by atoms with E-state index in [1.165, 1.54) is 36.5 Å². The number of halogens is 1. The Morgan fingerprint density at radius 2 is 1.88 bits per heavy atom. The van der Waals surface area contributed by atoms with E-state index in [9.17, 15) is 14.4 Å². The largest absolute Gasteiger partial charge is 0.618 e. The zero-order chi connectivity index (χ0) is 18.4. The first-order valence-electron chi connectivity index (χ1n) is 8.98. The normalized spacial score (nSPS) is 15.0. The topological polar surface area (TPSA) is 47.2 Å². The molecule has 0 saturated heterocycles. The molecule has 0 bridgehead atoms. The van der Waals surface area contributed by atoms with Crippen LogP contribution in [0.3, 0.4) is 0 Å². The summed E-state index contributed by atoms with van der Waals surface area (Å²) in [6, 6.07) is 11.7. The highest BCUT2D eigenvalue weighted by Crippen LogP contribution is 2.25. The third-order valence-corrected chi connectivity index (χ3v) is 5.74. The fourth-order valence-electron chi connectivity index (χ4n) is 3.34. The lowest BCUT2D eigenvalue weighted by Crippen LogP contribution is -2.42. The van der Waals surface area contributed by atoms with Crippen LogP contribution >= 0.6 is 11.8 Å². The summed E-state index contributed by atoms with van der Waals surface area (Å²) < 4.78 is 13.9. The molecule has 1 saturated carbocycles. The second-order valence-electron chi connectivity index (χ2n) is 6.59. The molecule has 6 heteroatoms. The number of nitrogens with zero attached hydrogens (tertiary/aromatic N) is 2. The highest BCUT2D eigenvalue weighted by molar-refractivity contribution is 7.99. The summed E-state index contributed by atoms with van der Waals surface area (Å²) >= 11 is 1.26. The van der Waals surface area contributed by atoms with E-state index in [0.717, 1.165) is 36.0 Å². The molecule has 26 heavy (non-hydrogen) atoms. The van der Waals surface area contributed by atoms with Gasteiger partial charge in [0.1, 0.15) is 5.82 Å². The molecule has 3 rings (SSSR count). The summed E-state index contributed by atoms with van der Waals surface area (Å²) in [6.07, 6.45) is 6.91. The molecule has 0 radical (unpaired) electrons. The number of rotatable bonds is 6. The number of carbonyl (C=O) groups excluding carboxylic acids is 1. The number of benzene rings is 1. The van der Waals surface area contributed by atoms with Gasteiger partial charge in [-0.3, -0.25) is 4.79 Å². The molecule has 0 aliphatic heterocycles. The number of hydrogen-bond acceptors (Lipinski definition) is 3. The number of hydrogen-bond donors (Lipinski definition) is 0. The molecule has 1 aromatic heterocycles. The van der Waals surface area contributed by atoms with Gasteiger partial charge >= 0.3 is 0 Å². The molecule has 0 N–H and O–H groups in total. The van der Waals surface area contributed by atoms with Crippen molar-refractivity contribution in [3.05, 3.63) is 65.2 Å². The lowest BCUT2D eigenvalue weighted by atomic mass is 9.94. The van der Waals surface area contributed by atoms with Crippen molar-refractivity contribution in [3.8, 4) is 0 Å². The summed E-state index contributed by atoms with van der Waals surface area (Å²) in [7, 11) is 0. The van der Waals surface area contributed by atoms with E-state index in [2.05, 4.69) is 0 Å². The minimum absolute atomic E-state index is 0.0232. The highest BCUT2D eigenvalue weighted by Gasteiger charge is 2.26. The average Bonchev–Trinajstić information content (AvgIpc) is 2.67. The highest BCUT2D eigenvalue weighted by atomic mass is 32.2. The van der Waals surface area contributed by atoms with Crippen molar-refractivity contribution in [2.45, 2.75) is 49.7 Å². The zero-order valence-electron chi connectivity index (χ0n) is 14.6. The van der Waals surface area contributed by atoms with Crippen molar-refractivity contribution >= 4 is 17.7 Å². The quantitative estimate of drug-likeness (QED) is 0.437. The average molecular weight is 374 g/mol. The molecule has 1 heterocycles. The van der Waals surface area contributed by atoms with Crippen LogP contribution in [0.5, 0.6) is 0 Å². The lowest BCUT2D eigenvalue weighted by molar-refractivity contribution is -0.645. The van der Waals surface area contributed by atoms with Crippen LogP contribution in [0.15, 0.2) is 53.7 Å². The van der Waals surface area contributed by atoms with Crippen LogP contribution in [-0.2, 0) is 11.3 Å². The van der Waals surface area contributed by atoms with Crippen molar-refractivity contribution in [1.82, 2.24) is 4.90 Å². The Labute approximate surface area is 157 Å².